The highest BCUT2D eigenvalue weighted by molar-refractivity contribution is 7.89. The van der Waals surface area contributed by atoms with Gasteiger partial charge in [0.2, 0.25) is 15.9 Å². The minimum absolute atomic E-state index is 0.00985. The number of rotatable bonds is 7. The van der Waals surface area contributed by atoms with Gasteiger partial charge in [-0.2, -0.15) is 4.31 Å². The van der Waals surface area contributed by atoms with Crippen LogP contribution in [-0.2, 0) is 14.8 Å². The Hall–Kier alpha value is -2.49. The fourth-order valence-electron chi connectivity index (χ4n) is 4.57. The second-order valence-electron chi connectivity index (χ2n) is 8.37. The molecule has 7 nitrogen and oxygen atoms in total. The molecule has 2 fully saturated rings. The zero-order chi connectivity index (χ0) is 23.4. The average Bonchev–Trinajstić information content (AvgIpc) is 3.28. The third kappa shape index (κ3) is 5.37. The number of amides is 1. The summed E-state index contributed by atoms with van der Waals surface area (Å²) in [5.74, 6) is 0.265. The van der Waals surface area contributed by atoms with Gasteiger partial charge in [0, 0.05) is 32.2 Å². The molecule has 2 heterocycles. The lowest BCUT2D eigenvalue weighted by Gasteiger charge is -2.35. The molecule has 0 radical (unpaired) electrons. The maximum absolute atomic E-state index is 13.5. The molecular formula is C24H30FN3O4S. The lowest BCUT2D eigenvalue weighted by Crippen LogP contribution is -2.52. The van der Waals surface area contributed by atoms with Gasteiger partial charge in [-0.05, 0) is 62.2 Å². The molecule has 1 atom stereocenters. The predicted octanol–water partition coefficient (Wildman–Crippen LogP) is 2.89. The van der Waals surface area contributed by atoms with Crippen molar-refractivity contribution in [2.45, 2.75) is 30.7 Å². The van der Waals surface area contributed by atoms with Crippen LogP contribution in [0.3, 0.4) is 0 Å². The summed E-state index contributed by atoms with van der Waals surface area (Å²) in [6.07, 6.45) is 2.03. The topological polar surface area (TPSA) is 70.2 Å². The van der Waals surface area contributed by atoms with Crippen molar-refractivity contribution in [1.29, 1.82) is 0 Å². The van der Waals surface area contributed by atoms with Crippen LogP contribution in [0.15, 0.2) is 53.4 Å². The zero-order valence-electron chi connectivity index (χ0n) is 18.8. The van der Waals surface area contributed by atoms with Crippen LogP contribution in [0, 0.1) is 5.82 Å². The van der Waals surface area contributed by atoms with Crippen LogP contribution >= 0.6 is 0 Å². The van der Waals surface area contributed by atoms with Crippen LogP contribution in [-0.4, -0.2) is 74.3 Å². The first-order valence-electron chi connectivity index (χ1n) is 11.4. The largest absolute Gasteiger partial charge is 0.494 e. The van der Waals surface area contributed by atoms with E-state index in [4.69, 9.17) is 4.74 Å². The van der Waals surface area contributed by atoms with E-state index in [2.05, 4.69) is 17.0 Å². The molecule has 1 amide bonds. The molecule has 2 aliphatic rings. The van der Waals surface area contributed by atoms with Gasteiger partial charge < -0.3 is 9.64 Å². The second kappa shape index (κ2) is 10.2. The molecule has 2 aliphatic heterocycles. The Bertz CT molecular complexity index is 1070. The van der Waals surface area contributed by atoms with E-state index in [0.29, 0.717) is 26.2 Å². The van der Waals surface area contributed by atoms with Crippen LogP contribution in [0.1, 0.15) is 31.4 Å². The molecule has 0 N–H and O–H groups in total. The number of sulfonamides is 1. The highest BCUT2D eigenvalue weighted by atomic mass is 32.2. The third-order valence-corrected chi connectivity index (χ3v) is 8.20. The van der Waals surface area contributed by atoms with Crippen LogP contribution < -0.4 is 4.74 Å². The highest BCUT2D eigenvalue weighted by Gasteiger charge is 2.33. The number of carbonyl (C=O) groups is 1. The first-order chi connectivity index (χ1) is 15.9. The lowest BCUT2D eigenvalue weighted by atomic mass is 10.0. The fourth-order valence-corrected chi connectivity index (χ4v) is 6.03. The monoisotopic (exact) mass is 475 g/mol. The van der Waals surface area contributed by atoms with Crippen molar-refractivity contribution < 1.29 is 22.3 Å². The Morgan fingerprint density at radius 2 is 1.79 bits per heavy atom. The van der Waals surface area contributed by atoms with E-state index in [0.717, 1.165) is 31.2 Å². The van der Waals surface area contributed by atoms with Crippen molar-refractivity contribution in [2.75, 3.05) is 45.9 Å². The van der Waals surface area contributed by atoms with Crippen molar-refractivity contribution in [2.24, 2.45) is 0 Å². The number of likely N-dealkylation sites (tertiary alicyclic amines) is 1. The number of nitrogens with zero attached hydrogens (tertiary/aromatic N) is 3. The Morgan fingerprint density at radius 3 is 2.45 bits per heavy atom. The van der Waals surface area contributed by atoms with E-state index < -0.39 is 15.8 Å². The van der Waals surface area contributed by atoms with Gasteiger partial charge in [-0.3, -0.25) is 9.69 Å². The van der Waals surface area contributed by atoms with E-state index in [-0.39, 0.29) is 29.9 Å². The zero-order valence-corrected chi connectivity index (χ0v) is 19.6. The number of hydrogen-bond acceptors (Lipinski definition) is 5. The first-order valence-corrected chi connectivity index (χ1v) is 12.8. The smallest absolute Gasteiger partial charge is 0.243 e. The summed E-state index contributed by atoms with van der Waals surface area (Å²) in [4.78, 5) is 16.9. The molecule has 0 aromatic heterocycles. The quantitative estimate of drug-likeness (QED) is 0.616. The molecule has 2 saturated heterocycles. The Balaban J connectivity index is 1.34. The molecule has 9 heteroatoms. The molecule has 33 heavy (non-hydrogen) atoms. The number of hydrogen-bond donors (Lipinski definition) is 0. The second-order valence-corrected chi connectivity index (χ2v) is 10.3. The van der Waals surface area contributed by atoms with E-state index in [1.807, 2.05) is 19.1 Å². The van der Waals surface area contributed by atoms with Crippen molar-refractivity contribution in [3.05, 3.63) is 59.9 Å². The van der Waals surface area contributed by atoms with Crippen LogP contribution in [0.4, 0.5) is 4.39 Å². The van der Waals surface area contributed by atoms with Gasteiger partial charge in [0.25, 0.3) is 0 Å². The number of ether oxygens (including phenoxy) is 1. The molecular weight excluding hydrogens is 445 g/mol. The molecule has 0 saturated carbocycles. The maximum atomic E-state index is 13.5. The third-order valence-electron chi connectivity index (χ3n) is 6.30. The predicted molar refractivity (Wildman–Crippen MR) is 123 cm³/mol. The van der Waals surface area contributed by atoms with Crippen molar-refractivity contribution in [3.8, 4) is 5.75 Å². The number of halogens is 1. The Labute approximate surface area is 194 Å². The molecule has 0 aliphatic carbocycles. The Kier molecular flexibility index (Phi) is 7.31. The molecule has 1 unspecified atom stereocenters. The highest BCUT2D eigenvalue weighted by Crippen LogP contribution is 2.32. The number of piperazine rings is 1. The summed E-state index contributed by atoms with van der Waals surface area (Å²) in [6, 6.07) is 13.3. The van der Waals surface area contributed by atoms with E-state index in [9.17, 15) is 17.6 Å². The molecule has 0 bridgehead atoms. The molecule has 2 aromatic rings. The molecule has 4 rings (SSSR count). The van der Waals surface area contributed by atoms with Crippen LogP contribution in [0.25, 0.3) is 0 Å². The van der Waals surface area contributed by atoms with E-state index >= 15 is 0 Å². The van der Waals surface area contributed by atoms with Crippen molar-refractivity contribution in [1.82, 2.24) is 14.1 Å². The Morgan fingerprint density at radius 1 is 1.06 bits per heavy atom. The average molecular weight is 476 g/mol. The van der Waals surface area contributed by atoms with Crippen molar-refractivity contribution in [3.63, 3.8) is 0 Å². The van der Waals surface area contributed by atoms with Crippen molar-refractivity contribution >= 4 is 15.9 Å². The summed E-state index contributed by atoms with van der Waals surface area (Å²) in [5.41, 5.74) is 1.18. The van der Waals surface area contributed by atoms with Gasteiger partial charge in [-0.25, -0.2) is 12.8 Å². The normalized spacial score (nSPS) is 20.2. The van der Waals surface area contributed by atoms with Gasteiger partial charge in [0.1, 0.15) is 11.6 Å². The van der Waals surface area contributed by atoms with Gasteiger partial charge in [0.15, 0.2) is 0 Å². The minimum Gasteiger partial charge on any atom is -0.494 e. The van der Waals surface area contributed by atoms with E-state index in [1.165, 1.54) is 28.1 Å². The van der Waals surface area contributed by atoms with Crippen LogP contribution in [0.5, 0.6) is 5.75 Å². The standard InChI is InChI=1S/C24H30FN3O4S/c1-2-32-21-10-8-19(9-11-21)23-7-4-12-27(23)18-24(29)26-13-15-28(16-14-26)33(30,31)22-6-3-5-20(25)17-22/h3,5-6,8-11,17,23H,2,4,7,12-16,18H2,1H3. The molecule has 0 spiro atoms. The number of carbonyl (C=O) groups excluding carboxylic acids is 1. The van der Waals surface area contributed by atoms with Crippen LogP contribution in [0.2, 0.25) is 0 Å². The number of benzene rings is 2. The van der Waals surface area contributed by atoms with Gasteiger partial charge in [-0.15, -0.1) is 0 Å². The lowest BCUT2D eigenvalue weighted by molar-refractivity contribution is -0.133. The summed E-state index contributed by atoms with van der Waals surface area (Å²) in [7, 11) is -3.77. The SMILES string of the molecule is CCOc1ccc(C2CCCN2CC(=O)N2CCN(S(=O)(=O)c3cccc(F)c3)CC2)cc1. The summed E-state index contributed by atoms with van der Waals surface area (Å²) < 4.78 is 45.9. The van der Waals surface area contributed by atoms with Gasteiger partial charge >= 0.3 is 0 Å². The maximum Gasteiger partial charge on any atom is 0.243 e. The summed E-state index contributed by atoms with van der Waals surface area (Å²) in [5, 5.41) is 0. The fraction of sp³-hybridized carbons (Fsp3) is 0.458. The first kappa shape index (κ1) is 23.7. The van der Waals surface area contributed by atoms with E-state index in [1.54, 1.807) is 4.90 Å². The summed E-state index contributed by atoms with van der Waals surface area (Å²) >= 11 is 0. The summed E-state index contributed by atoms with van der Waals surface area (Å²) in [6.45, 7) is 4.81. The minimum atomic E-state index is -3.77. The van der Waals surface area contributed by atoms with Gasteiger partial charge in [0.05, 0.1) is 18.0 Å². The molecule has 178 valence electrons. The molecule has 2 aromatic carbocycles. The van der Waals surface area contributed by atoms with Gasteiger partial charge in [-0.1, -0.05) is 18.2 Å².